The zero-order chi connectivity index (χ0) is 17.9. The lowest BCUT2D eigenvalue weighted by Gasteiger charge is -2.32. The van der Waals surface area contributed by atoms with Crippen molar-refractivity contribution in [3.05, 3.63) is 58.4 Å². The summed E-state index contributed by atoms with van der Waals surface area (Å²) in [5, 5.41) is 9.03. The van der Waals surface area contributed by atoms with Crippen molar-refractivity contribution in [2.24, 2.45) is 0 Å². The molecule has 0 unspecified atom stereocenters. The molecule has 3 heterocycles. The number of carbonyl (C=O) groups is 1. The highest BCUT2D eigenvalue weighted by Crippen LogP contribution is 2.25. The van der Waals surface area contributed by atoms with Gasteiger partial charge < -0.3 is 10.6 Å². The van der Waals surface area contributed by atoms with Crippen LogP contribution >= 0.6 is 11.3 Å². The average molecular weight is 366 g/mol. The molecule has 0 fully saturated rings. The van der Waals surface area contributed by atoms with E-state index in [0.717, 1.165) is 30.4 Å². The molecule has 2 aromatic heterocycles. The van der Waals surface area contributed by atoms with Gasteiger partial charge in [0, 0.05) is 35.9 Å². The SMILES string of the molecule is C[C@@H](CNC(=O)Nc1cnc2ccccc2c1)N1CCc2sccc2C1. The molecule has 2 N–H and O–H groups in total. The van der Waals surface area contributed by atoms with Crippen LogP contribution in [0.1, 0.15) is 17.4 Å². The highest BCUT2D eigenvalue weighted by atomic mass is 32.1. The topological polar surface area (TPSA) is 57.3 Å². The molecule has 4 rings (SSSR count). The van der Waals surface area contributed by atoms with Crippen LogP contribution in [-0.2, 0) is 13.0 Å². The third-order valence-corrected chi connectivity index (χ3v) is 5.89. The number of nitrogens with zero attached hydrogens (tertiary/aromatic N) is 2. The number of anilines is 1. The number of para-hydroxylation sites is 1. The van der Waals surface area contributed by atoms with E-state index in [0.29, 0.717) is 18.3 Å². The summed E-state index contributed by atoms with van der Waals surface area (Å²) in [4.78, 5) is 20.5. The van der Waals surface area contributed by atoms with Crippen molar-refractivity contribution in [2.45, 2.75) is 25.9 Å². The summed E-state index contributed by atoms with van der Waals surface area (Å²) in [6.45, 7) is 4.80. The third kappa shape index (κ3) is 3.71. The van der Waals surface area contributed by atoms with E-state index < -0.39 is 0 Å². The van der Waals surface area contributed by atoms with E-state index >= 15 is 0 Å². The van der Waals surface area contributed by atoms with E-state index in [-0.39, 0.29) is 6.03 Å². The number of pyridine rings is 1. The normalized spacial score (nSPS) is 15.4. The highest BCUT2D eigenvalue weighted by molar-refractivity contribution is 7.10. The minimum absolute atomic E-state index is 0.192. The van der Waals surface area contributed by atoms with Crippen LogP contribution in [-0.4, -0.2) is 35.0 Å². The first-order valence-electron chi connectivity index (χ1n) is 8.88. The van der Waals surface area contributed by atoms with Gasteiger partial charge in [0.2, 0.25) is 0 Å². The van der Waals surface area contributed by atoms with Gasteiger partial charge >= 0.3 is 6.03 Å². The summed E-state index contributed by atoms with van der Waals surface area (Å²) in [5.74, 6) is 0. The van der Waals surface area contributed by atoms with Crippen molar-refractivity contribution in [2.75, 3.05) is 18.4 Å². The summed E-state index contributed by atoms with van der Waals surface area (Å²) in [5.41, 5.74) is 3.06. The molecule has 0 bridgehead atoms. The fourth-order valence-corrected chi connectivity index (χ4v) is 4.22. The molecule has 1 aromatic carbocycles. The average Bonchev–Trinajstić information content (AvgIpc) is 3.14. The van der Waals surface area contributed by atoms with Crippen LogP contribution in [0.25, 0.3) is 10.9 Å². The number of fused-ring (bicyclic) bond motifs is 2. The van der Waals surface area contributed by atoms with Gasteiger partial charge in [-0.25, -0.2) is 4.79 Å². The first-order chi connectivity index (χ1) is 12.7. The molecule has 26 heavy (non-hydrogen) atoms. The molecular formula is C20H22N4OS. The van der Waals surface area contributed by atoms with E-state index in [9.17, 15) is 4.79 Å². The maximum absolute atomic E-state index is 12.2. The van der Waals surface area contributed by atoms with Crippen molar-refractivity contribution in [1.29, 1.82) is 0 Å². The fourth-order valence-electron chi connectivity index (χ4n) is 3.33. The predicted octanol–water partition coefficient (Wildman–Crippen LogP) is 3.86. The molecule has 3 aromatic rings. The number of aromatic nitrogens is 1. The Morgan fingerprint density at radius 2 is 2.23 bits per heavy atom. The van der Waals surface area contributed by atoms with E-state index in [1.165, 1.54) is 10.4 Å². The van der Waals surface area contributed by atoms with Crippen LogP contribution in [0, 0.1) is 0 Å². The molecule has 1 aliphatic rings. The lowest BCUT2D eigenvalue weighted by molar-refractivity contribution is 0.188. The monoisotopic (exact) mass is 366 g/mol. The Bertz CT molecular complexity index is 923. The van der Waals surface area contributed by atoms with Gasteiger partial charge in [-0.15, -0.1) is 11.3 Å². The number of amides is 2. The maximum atomic E-state index is 12.2. The summed E-state index contributed by atoms with van der Waals surface area (Å²) in [6, 6.07) is 12.1. The number of benzene rings is 1. The van der Waals surface area contributed by atoms with Crippen molar-refractivity contribution >= 4 is 34.0 Å². The van der Waals surface area contributed by atoms with Crippen LogP contribution < -0.4 is 10.6 Å². The van der Waals surface area contributed by atoms with Crippen molar-refractivity contribution in [1.82, 2.24) is 15.2 Å². The second-order valence-electron chi connectivity index (χ2n) is 6.69. The van der Waals surface area contributed by atoms with Gasteiger partial charge in [0.05, 0.1) is 17.4 Å². The van der Waals surface area contributed by atoms with E-state index in [1.54, 1.807) is 6.20 Å². The highest BCUT2D eigenvalue weighted by Gasteiger charge is 2.21. The Hall–Kier alpha value is -2.44. The van der Waals surface area contributed by atoms with E-state index in [2.05, 4.69) is 38.9 Å². The van der Waals surface area contributed by atoms with Gasteiger partial charge in [-0.3, -0.25) is 9.88 Å². The van der Waals surface area contributed by atoms with Crippen LogP contribution in [0.5, 0.6) is 0 Å². The molecule has 2 amide bonds. The summed E-state index contributed by atoms with van der Waals surface area (Å²) < 4.78 is 0. The quantitative estimate of drug-likeness (QED) is 0.737. The molecule has 134 valence electrons. The molecule has 0 saturated carbocycles. The Morgan fingerprint density at radius 3 is 3.15 bits per heavy atom. The van der Waals surface area contributed by atoms with E-state index in [1.807, 2.05) is 41.7 Å². The minimum atomic E-state index is -0.192. The van der Waals surface area contributed by atoms with Gasteiger partial charge in [0.15, 0.2) is 0 Å². The zero-order valence-electron chi connectivity index (χ0n) is 14.7. The first-order valence-corrected chi connectivity index (χ1v) is 9.76. The standard InChI is InChI=1S/C20H22N4OS/c1-14(24-8-6-19-16(13-24)7-9-26-19)11-22-20(25)23-17-10-15-4-2-3-5-18(15)21-12-17/h2-5,7,9-10,12,14H,6,8,11,13H2,1H3,(H2,22,23,25)/t14-/m0/s1. The molecule has 0 radical (unpaired) electrons. The fraction of sp³-hybridized carbons (Fsp3) is 0.300. The zero-order valence-corrected chi connectivity index (χ0v) is 15.6. The molecule has 0 aliphatic carbocycles. The summed E-state index contributed by atoms with van der Waals surface area (Å²) >= 11 is 1.85. The second-order valence-corrected chi connectivity index (χ2v) is 7.69. The van der Waals surface area contributed by atoms with Crippen molar-refractivity contribution in [3.63, 3.8) is 0 Å². The number of hydrogen-bond acceptors (Lipinski definition) is 4. The second kappa shape index (κ2) is 7.43. The number of nitrogens with one attached hydrogen (secondary N) is 2. The lowest BCUT2D eigenvalue weighted by atomic mass is 10.1. The smallest absolute Gasteiger partial charge is 0.319 e. The van der Waals surface area contributed by atoms with Crippen LogP contribution in [0.4, 0.5) is 10.5 Å². The van der Waals surface area contributed by atoms with Gasteiger partial charge in [0.1, 0.15) is 0 Å². The largest absolute Gasteiger partial charge is 0.336 e. The van der Waals surface area contributed by atoms with Crippen molar-refractivity contribution < 1.29 is 4.79 Å². The van der Waals surface area contributed by atoms with Gasteiger partial charge in [-0.1, -0.05) is 18.2 Å². The van der Waals surface area contributed by atoms with Gasteiger partial charge in [-0.05, 0) is 42.5 Å². The Labute approximate surface area is 157 Å². The van der Waals surface area contributed by atoms with Crippen LogP contribution in [0.3, 0.4) is 0 Å². The van der Waals surface area contributed by atoms with Gasteiger partial charge in [0.25, 0.3) is 0 Å². The number of carbonyl (C=O) groups excluding carboxylic acids is 1. The van der Waals surface area contributed by atoms with Gasteiger partial charge in [-0.2, -0.15) is 0 Å². The minimum Gasteiger partial charge on any atom is -0.336 e. The number of thiophene rings is 1. The third-order valence-electron chi connectivity index (χ3n) is 4.87. The van der Waals surface area contributed by atoms with E-state index in [4.69, 9.17) is 0 Å². The molecule has 6 heteroatoms. The number of urea groups is 1. The Kier molecular flexibility index (Phi) is 4.86. The maximum Gasteiger partial charge on any atom is 0.319 e. The summed E-state index contributed by atoms with van der Waals surface area (Å²) in [6.07, 6.45) is 2.79. The number of hydrogen-bond donors (Lipinski definition) is 2. The Balaban J connectivity index is 1.30. The molecule has 1 atom stereocenters. The van der Waals surface area contributed by atoms with Crippen LogP contribution in [0.15, 0.2) is 48.0 Å². The molecule has 0 saturated heterocycles. The molecule has 0 spiro atoms. The molecular weight excluding hydrogens is 344 g/mol. The Morgan fingerprint density at radius 1 is 1.35 bits per heavy atom. The van der Waals surface area contributed by atoms with Crippen LogP contribution in [0.2, 0.25) is 0 Å². The summed E-state index contributed by atoms with van der Waals surface area (Å²) in [7, 11) is 0. The first kappa shape index (κ1) is 17.0. The molecule has 5 nitrogen and oxygen atoms in total. The lowest BCUT2D eigenvalue weighted by Crippen LogP contribution is -2.45. The van der Waals surface area contributed by atoms with Crippen molar-refractivity contribution in [3.8, 4) is 0 Å². The molecule has 1 aliphatic heterocycles. The predicted molar refractivity (Wildman–Crippen MR) is 107 cm³/mol. The number of rotatable bonds is 4.